The largest absolute Gasteiger partial charge is 0.355 e. The van der Waals surface area contributed by atoms with Gasteiger partial charge in [0.2, 0.25) is 0 Å². The molecule has 1 aliphatic rings. The second-order valence-corrected chi connectivity index (χ2v) is 7.57. The lowest BCUT2D eigenvalue weighted by molar-refractivity contribution is 0.246. The Bertz CT molecular complexity index is 904. The minimum Gasteiger partial charge on any atom is -0.355 e. The van der Waals surface area contributed by atoms with Gasteiger partial charge in [-0.05, 0) is 38.0 Å². The zero-order chi connectivity index (χ0) is 17.9. The molecule has 0 unspecified atom stereocenters. The molecule has 7 nitrogen and oxygen atoms in total. The lowest BCUT2D eigenvalue weighted by atomic mass is 10.1. The number of nitrogens with zero attached hydrogens (tertiary/aromatic N) is 4. The van der Waals surface area contributed by atoms with E-state index in [4.69, 9.17) is 0 Å². The van der Waals surface area contributed by atoms with Crippen molar-refractivity contribution in [1.29, 1.82) is 0 Å². The summed E-state index contributed by atoms with van der Waals surface area (Å²) in [6.07, 6.45) is 6.92. The van der Waals surface area contributed by atoms with E-state index in [2.05, 4.69) is 30.5 Å². The lowest BCUT2D eigenvalue weighted by Crippen LogP contribution is -2.46. The predicted molar refractivity (Wildman–Crippen MR) is 104 cm³/mol. The van der Waals surface area contributed by atoms with Crippen molar-refractivity contribution in [2.24, 2.45) is 0 Å². The Hall–Kier alpha value is -2.74. The Morgan fingerprint density at radius 3 is 2.88 bits per heavy atom. The second kappa shape index (κ2) is 7.25. The number of carbonyl (C=O) groups is 1. The number of piperidine rings is 1. The van der Waals surface area contributed by atoms with Gasteiger partial charge in [-0.15, -0.1) is 11.3 Å². The van der Waals surface area contributed by atoms with Gasteiger partial charge in [0.15, 0.2) is 0 Å². The van der Waals surface area contributed by atoms with Crippen LogP contribution in [0.3, 0.4) is 0 Å². The molecule has 1 fully saturated rings. The van der Waals surface area contributed by atoms with E-state index in [0.717, 1.165) is 52.7 Å². The molecule has 8 heteroatoms. The van der Waals surface area contributed by atoms with E-state index in [1.165, 1.54) is 0 Å². The summed E-state index contributed by atoms with van der Waals surface area (Å²) in [5.41, 5.74) is 1.68. The summed E-state index contributed by atoms with van der Waals surface area (Å²) in [5.74, 6) is 0.891. The summed E-state index contributed by atoms with van der Waals surface area (Å²) in [6.45, 7) is 3.69. The number of hydrogen-bond donors (Lipinski definition) is 2. The molecule has 134 valence electrons. The number of hydrogen-bond acceptors (Lipinski definition) is 6. The van der Waals surface area contributed by atoms with E-state index in [9.17, 15) is 4.79 Å². The van der Waals surface area contributed by atoms with Crippen LogP contribution in [0.15, 0.2) is 36.8 Å². The summed E-state index contributed by atoms with van der Waals surface area (Å²) in [5, 5.41) is 7.00. The number of nitrogens with one attached hydrogen (secondary N) is 2. The Balaban J connectivity index is 1.31. The molecule has 3 aromatic rings. The molecule has 0 saturated carbocycles. The van der Waals surface area contributed by atoms with Crippen LogP contribution in [-0.4, -0.2) is 40.1 Å². The smallest absolute Gasteiger partial charge is 0.319 e. The summed E-state index contributed by atoms with van der Waals surface area (Å²) >= 11 is 1.65. The number of thiazole rings is 1. The number of urea groups is 1. The van der Waals surface area contributed by atoms with Crippen LogP contribution in [-0.2, 0) is 0 Å². The van der Waals surface area contributed by atoms with E-state index >= 15 is 0 Å². The van der Waals surface area contributed by atoms with Crippen molar-refractivity contribution in [3.8, 4) is 0 Å². The van der Waals surface area contributed by atoms with E-state index in [-0.39, 0.29) is 12.1 Å². The van der Waals surface area contributed by atoms with Crippen LogP contribution in [0.5, 0.6) is 0 Å². The van der Waals surface area contributed by atoms with Crippen LogP contribution >= 0.6 is 11.3 Å². The summed E-state index contributed by atoms with van der Waals surface area (Å²) in [6, 6.07) is 5.81. The van der Waals surface area contributed by atoms with Gasteiger partial charge in [0, 0.05) is 37.2 Å². The maximum absolute atomic E-state index is 12.3. The monoisotopic (exact) mass is 368 g/mol. The topological polar surface area (TPSA) is 83.0 Å². The van der Waals surface area contributed by atoms with Crippen molar-refractivity contribution in [1.82, 2.24) is 20.3 Å². The molecular formula is C18H20N6OS. The summed E-state index contributed by atoms with van der Waals surface area (Å²) < 4.78 is 1.13. The zero-order valence-corrected chi connectivity index (χ0v) is 15.3. The molecule has 0 atom stereocenters. The van der Waals surface area contributed by atoms with Crippen LogP contribution in [0.2, 0.25) is 0 Å². The summed E-state index contributed by atoms with van der Waals surface area (Å²) in [4.78, 5) is 27.4. The molecule has 1 saturated heterocycles. The molecule has 2 amide bonds. The van der Waals surface area contributed by atoms with E-state index in [0.29, 0.717) is 0 Å². The van der Waals surface area contributed by atoms with E-state index in [1.807, 2.05) is 25.1 Å². The average Bonchev–Trinajstić information content (AvgIpc) is 3.02. The van der Waals surface area contributed by atoms with Gasteiger partial charge in [0.25, 0.3) is 0 Å². The van der Waals surface area contributed by atoms with Gasteiger partial charge in [0.05, 0.1) is 21.4 Å². The molecule has 0 spiro atoms. The molecule has 4 rings (SSSR count). The number of aryl methyl sites for hydroxylation is 1. The van der Waals surface area contributed by atoms with Gasteiger partial charge in [-0.25, -0.2) is 14.8 Å². The predicted octanol–water partition coefficient (Wildman–Crippen LogP) is 3.19. The van der Waals surface area contributed by atoms with E-state index < -0.39 is 0 Å². The maximum atomic E-state index is 12.3. The fourth-order valence-electron chi connectivity index (χ4n) is 3.18. The standard InChI is InChI=1S/C18H20N6OS/c1-12-21-15-10-14(2-3-16(15)26-12)23-18(25)22-13-4-8-24(9-5-13)17-11-19-6-7-20-17/h2-3,6-7,10-11,13H,4-5,8-9H2,1H3,(H2,22,23,25). The molecule has 0 radical (unpaired) electrons. The lowest BCUT2D eigenvalue weighted by Gasteiger charge is -2.32. The molecule has 0 bridgehead atoms. The van der Waals surface area contributed by atoms with Gasteiger partial charge in [0.1, 0.15) is 5.82 Å². The Morgan fingerprint density at radius 2 is 2.12 bits per heavy atom. The van der Waals surface area contributed by atoms with Crippen molar-refractivity contribution >= 4 is 39.1 Å². The summed E-state index contributed by atoms with van der Waals surface area (Å²) in [7, 11) is 0. The normalized spacial score (nSPS) is 15.2. The van der Waals surface area contributed by atoms with Crippen molar-refractivity contribution in [2.75, 3.05) is 23.3 Å². The van der Waals surface area contributed by atoms with Crippen LogP contribution in [0.1, 0.15) is 17.8 Å². The van der Waals surface area contributed by atoms with Crippen molar-refractivity contribution in [3.63, 3.8) is 0 Å². The molecule has 2 N–H and O–H groups in total. The average molecular weight is 368 g/mol. The van der Waals surface area contributed by atoms with Gasteiger partial charge < -0.3 is 15.5 Å². The molecule has 2 aromatic heterocycles. The molecule has 26 heavy (non-hydrogen) atoms. The number of anilines is 2. The zero-order valence-electron chi connectivity index (χ0n) is 14.5. The van der Waals surface area contributed by atoms with Crippen molar-refractivity contribution in [3.05, 3.63) is 41.8 Å². The van der Waals surface area contributed by atoms with Gasteiger partial charge in [-0.3, -0.25) is 4.98 Å². The van der Waals surface area contributed by atoms with Crippen LogP contribution in [0.25, 0.3) is 10.2 Å². The van der Waals surface area contributed by atoms with Gasteiger partial charge >= 0.3 is 6.03 Å². The third-order valence-electron chi connectivity index (χ3n) is 4.46. The van der Waals surface area contributed by atoms with Crippen molar-refractivity contribution in [2.45, 2.75) is 25.8 Å². The molecule has 0 aliphatic carbocycles. The first-order valence-corrected chi connectivity index (χ1v) is 9.45. The van der Waals surface area contributed by atoms with Crippen LogP contribution in [0.4, 0.5) is 16.3 Å². The first kappa shape index (κ1) is 16.7. The van der Waals surface area contributed by atoms with Crippen LogP contribution in [0, 0.1) is 6.92 Å². The minimum absolute atomic E-state index is 0.160. The highest BCUT2D eigenvalue weighted by Gasteiger charge is 2.21. The quantitative estimate of drug-likeness (QED) is 0.742. The first-order chi connectivity index (χ1) is 12.7. The number of aromatic nitrogens is 3. The fourth-order valence-corrected chi connectivity index (χ4v) is 3.99. The maximum Gasteiger partial charge on any atom is 0.319 e. The Labute approximate surface area is 155 Å². The van der Waals surface area contributed by atoms with Crippen LogP contribution < -0.4 is 15.5 Å². The number of fused-ring (bicyclic) bond motifs is 1. The number of carbonyl (C=O) groups excluding carboxylic acids is 1. The number of rotatable bonds is 3. The molecule has 1 aliphatic heterocycles. The first-order valence-electron chi connectivity index (χ1n) is 8.63. The van der Waals surface area contributed by atoms with Gasteiger partial charge in [-0.1, -0.05) is 0 Å². The van der Waals surface area contributed by atoms with E-state index in [1.54, 1.807) is 29.9 Å². The molecule has 1 aromatic carbocycles. The third-order valence-corrected chi connectivity index (χ3v) is 5.41. The second-order valence-electron chi connectivity index (χ2n) is 6.34. The van der Waals surface area contributed by atoms with Gasteiger partial charge in [-0.2, -0.15) is 0 Å². The number of amides is 2. The SMILES string of the molecule is Cc1nc2cc(NC(=O)NC3CCN(c4cnccn4)CC3)ccc2s1. The molecule has 3 heterocycles. The third kappa shape index (κ3) is 3.75. The minimum atomic E-state index is -0.172. The number of benzene rings is 1. The fraction of sp³-hybridized carbons (Fsp3) is 0.333. The molecular weight excluding hydrogens is 348 g/mol. The highest BCUT2D eigenvalue weighted by atomic mass is 32.1. The van der Waals surface area contributed by atoms with Crippen molar-refractivity contribution < 1.29 is 4.79 Å². The highest BCUT2D eigenvalue weighted by Crippen LogP contribution is 2.24. The highest BCUT2D eigenvalue weighted by molar-refractivity contribution is 7.18. The Morgan fingerprint density at radius 1 is 1.27 bits per heavy atom. The Kier molecular flexibility index (Phi) is 4.66.